The van der Waals surface area contributed by atoms with E-state index in [4.69, 9.17) is 0 Å². The van der Waals surface area contributed by atoms with Gasteiger partial charge in [0.2, 0.25) is 0 Å². The minimum absolute atomic E-state index is 0.0266. The lowest BCUT2D eigenvalue weighted by Crippen LogP contribution is -2.56. The van der Waals surface area contributed by atoms with Crippen LogP contribution in [0.25, 0.3) is 0 Å². The summed E-state index contributed by atoms with van der Waals surface area (Å²) < 4.78 is 0. The van der Waals surface area contributed by atoms with Crippen molar-refractivity contribution in [1.29, 1.82) is 0 Å². The van der Waals surface area contributed by atoms with E-state index in [9.17, 15) is 9.59 Å². The quantitative estimate of drug-likeness (QED) is 0.632. The van der Waals surface area contributed by atoms with Crippen LogP contribution in [0.1, 0.15) is 58.8 Å². The highest BCUT2D eigenvalue weighted by molar-refractivity contribution is 5.90. The van der Waals surface area contributed by atoms with Gasteiger partial charge in [0.25, 0.3) is 0 Å². The summed E-state index contributed by atoms with van der Waals surface area (Å²) in [6.07, 6.45) is 11.3. The van der Waals surface area contributed by atoms with Gasteiger partial charge in [-0.25, -0.2) is 0 Å². The van der Waals surface area contributed by atoms with Gasteiger partial charge < -0.3 is 0 Å². The van der Waals surface area contributed by atoms with Crippen molar-refractivity contribution in [2.45, 2.75) is 58.8 Å². The van der Waals surface area contributed by atoms with Gasteiger partial charge in [-0.2, -0.15) is 0 Å². The highest BCUT2D eigenvalue weighted by Crippen LogP contribution is 2.63. The Labute approximate surface area is 127 Å². The number of ketones is 2. The summed E-state index contributed by atoms with van der Waals surface area (Å²) >= 11 is 0. The molecule has 4 aliphatic rings. The Kier molecular flexibility index (Phi) is 2.81. The molecule has 0 radical (unpaired) electrons. The number of fused-ring (bicyclic) bond motifs is 5. The van der Waals surface area contributed by atoms with Crippen LogP contribution in [0, 0.1) is 34.5 Å². The fourth-order valence-electron chi connectivity index (χ4n) is 6.32. The molecule has 0 aromatic carbocycles. The van der Waals surface area contributed by atoms with Gasteiger partial charge in [-0.15, -0.1) is 0 Å². The normalized spacial score (nSPS) is 52.3. The van der Waals surface area contributed by atoms with Crippen LogP contribution in [-0.2, 0) is 9.59 Å². The van der Waals surface area contributed by atoms with Gasteiger partial charge >= 0.3 is 0 Å². The van der Waals surface area contributed by atoms with Gasteiger partial charge in [-0.3, -0.25) is 9.59 Å². The Bertz CT molecular complexity index is 534. The largest absolute Gasteiger partial charge is 0.300 e. The van der Waals surface area contributed by atoms with E-state index in [1.165, 1.54) is 12.8 Å². The molecular weight excluding hydrogens is 260 g/mol. The maximum absolute atomic E-state index is 12.8. The van der Waals surface area contributed by atoms with Crippen LogP contribution in [-0.4, -0.2) is 11.6 Å². The number of carbonyl (C=O) groups is 2. The first kappa shape index (κ1) is 13.7. The second-order valence-corrected chi connectivity index (χ2v) is 8.53. The Morgan fingerprint density at radius 1 is 1.10 bits per heavy atom. The number of hydrogen-bond acceptors (Lipinski definition) is 2. The SMILES string of the molecule is C[C@]12CCC(=O)CC1C(=O)CC1C2CC[C@]2(C)C=CCC12. The monoisotopic (exact) mass is 286 g/mol. The topological polar surface area (TPSA) is 34.1 Å². The lowest BCUT2D eigenvalue weighted by molar-refractivity contribution is -0.156. The van der Waals surface area contributed by atoms with Gasteiger partial charge in [-0.05, 0) is 54.3 Å². The van der Waals surface area contributed by atoms with Crippen molar-refractivity contribution in [1.82, 2.24) is 0 Å². The molecule has 4 rings (SSSR count). The highest BCUT2D eigenvalue weighted by atomic mass is 16.1. The van der Waals surface area contributed by atoms with Crippen molar-refractivity contribution in [3.63, 3.8) is 0 Å². The molecule has 6 atom stereocenters. The molecule has 0 spiro atoms. The molecule has 0 aromatic heterocycles. The maximum Gasteiger partial charge on any atom is 0.137 e. The molecule has 0 bridgehead atoms. The summed E-state index contributed by atoms with van der Waals surface area (Å²) in [6.45, 7) is 4.71. The first-order valence-electron chi connectivity index (χ1n) is 8.66. The molecule has 0 amide bonds. The number of carbonyl (C=O) groups excluding carboxylic acids is 2. The number of Topliss-reactive ketones (excluding diaryl/α,β-unsaturated/α-hetero) is 2. The Balaban J connectivity index is 1.70. The fourth-order valence-corrected chi connectivity index (χ4v) is 6.32. The van der Waals surface area contributed by atoms with Gasteiger partial charge in [0.15, 0.2) is 0 Å². The zero-order valence-corrected chi connectivity index (χ0v) is 13.2. The number of rotatable bonds is 0. The lowest BCUT2D eigenvalue weighted by atomic mass is 9.45. The molecule has 0 heterocycles. The minimum Gasteiger partial charge on any atom is -0.300 e. The van der Waals surface area contributed by atoms with Gasteiger partial charge in [-0.1, -0.05) is 26.0 Å². The Morgan fingerprint density at radius 2 is 1.90 bits per heavy atom. The first-order valence-corrected chi connectivity index (χ1v) is 8.66. The second-order valence-electron chi connectivity index (χ2n) is 8.53. The molecule has 4 unspecified atom stereocenters. The predicted molar refractivity (Wildman–Crippen MR) is 81.6 cm³/mol. The van der Waals surface area contributed by atoms with E-state index in [0.29, 0.717) is 47.6 Å². The van der Waals surface area contributed by atoms with Crippen molar-refractivity contribution >= 4 is 11.6 Å². The van der Waals surface area contributed by atoms with Crippen molar-refractivity contribution in [3.8, 4) is 0 Å². The highest BCUT2D eigenvalue weighted by Gasteiger charge is 2.59. The molecule has 0 aliphatic heterocycles. The molecule has 2 nitrogen and oxygen atoms in total. The van der Waals surface area contributed by atoms with Gasteiger partial charge in [0.05, 0.1) is 0 Å². The molecule has 4 aliphatic carbocycles. The molecular formula is C19H26O2. The van der Waals surface area contributed by atoms with E-state index in [-0.39, 0.29) is 11.3 Å². The number of allylic oxidation sites excluding steroid dienone is 2. The summed E-state index contributed by atoms with van der Waals surface area (Å²) in [5.41, 5.74) is 0.424. The Morgan fingerprint density at radius 3 is 2.71 bits per heavy atom. The van der Waals surface area contributed by atoms with Crippen LogP contribution < -0.4 is 0 Å². The van der Waals surface area contributed by atoms with E-state index in [2.05, 4.69) is 26.0 Å². The first-order chi connectivity index (χ1) is 9.94. The lowest BCUT2D eigenvalue weighted by Gasteiger charge is -2.58. The summed E-state index contributed by atoms with van der Waals surface area (Å²) in [7, 11) is 0. The summed E-state index contributed by atoms with van der Waals surface area (Å²) in [4.78, 5) is 24.6. The zero-order chi connectivity index (χ0) is 14.8. The van der Waals surface area contributed by atoms with Crippen LogP contribution in [0.5, 0.6) is 0 Å². The third kappa shape index (κ3) is 1.77. The minimum atomic E-state index is 0.0266. The average molecular weight is 286 g/mol. The third-order valence-electron chi connectivity index (χ3n) is 7.61. The molecule has 21 heavy (non-hydrogen) atoms. The van der Waals surface area contributed by atoms with Crippen molar-refractivity contribution in [3.05, 3.63) is 12.2 Å². The van der Waals surface area contributed by atoms with Crippen molar-refractivity contribution in [2.24, 2.45) is 34.5 Å². The molecule has 2 heteroatoms. The third-order valence-corrected chi connectivity index (χ3v) is 7.61. The van der Waals surface area contributed by atoms with Crippen LogP contribution in [0.15, 0.2) is 12.2 Å². The van der Waals surface area contributed by atoms with Crippen LogP contribution in [0.3, 0.4) is 0 Å². The maximum atomic E-state index is 12.8. The summed E-state index contributed by atoms with van der Waals surface area (Å²) in [5.74, 6) is 2.61. The van der Waals surface area contributed by atoms with Gasteiger partial charge in [0, 0.05) is 25.2 Å². The van der Waals surface area contributed by atoms with Crippen LogP contribution in [0.4, 0.5) is 0 Å². The Hall–Kier alpha value is -0.920. The van der Waals surface area contributed by atoms with E-state index in [1.54, 1.807) is 0 Å². The summed E-state index contributed by atoms with van der Waals surface area (Å²) in [6, 6.07) is 0. The van der Waals surface area contributed by atoms with Crippen molar-refractivity contribution < 1.29 is 9.59 Å². The van der Waals surface area contributed by atoms with E-state index in [0.717, 1.165) is 19.3 Å². The molecule has 3 saturated carbocycles. The van der Waals surface area contributed by atoms with Gasteiger partial charge in [0.1, 0.15) is 11.6 Å². The molecule has 3 fully saturated rings. The molecule has 114 valence electrons. The van der Waals surface area contributed by atoms with E-state index >= 15 is 0 Å². The van der Waals surface area contributed by atoms with Crippen molar-refractivity contribution in [2.75, 3.05) is 0 Å². The second kappa shape index (κ2) is 4.30. The molecule has 0 aromatic rings. The van der Waals surface area contributed by atoms with Crippen LogP contribution >= 0.6 is 0 Å². The van der Waals surface area contributed by atoms with E-state index in [1.807, 2.05) is 0 Å². The van der Waals surface area contributed by atoms with E-state index < -0.39 is 0 Å². The average Bonchev–Trinajstić information content (AvgIpc) is 2.83. The van der Waals surface area contributed by atoms with Crippen LogP contribution in [0.2, 0.25) is 0 Å². The smallest absolute Gasteiger partial charge is 0.137 e. The predicted octanol–water partition coefficient (Wildman–Crippen LogP) is 3.94. The number of hydrogen-bond donors (Lipinski definition) is 0. The standard InChI is InChI=1S/C19H26O2/c1-18-7-3-4-14(18)13-11-17(21)16-10-12(20)5-9-19(16,2)15(13)6-8-18/h3,7,13-16H,4-6,8-11H2,1-2H3/t13?,14?,15?,16?,18-,19+/m0/s1. The molecule has 0 saturated heterocycles. The molecule has 0 N–H and O–H groups in total. The fraction of sp³-hybridized carbons (Fsp3) is 0.789. The zero-order valence-electron chi connectivity index (χ0n) is 13.2. The summed E-state index contributed by atoms with van der Waals surface area (Å²) in [5, 5.41) is 0.